The largest absolute Gasteiger partial charge is 0.494 e. The van der Waals surface area contributed by atoms with Crippen LogP contribution in [0.2, 0.25) is 0 Å². The van der Waals surface area contributed by atoms with Crippen LogP contribution in [-0.2, 0) is 32.8 Å². The molecule has 64 heavy (non-hydrogen) atoms. The highest BCUT2D eigenvalue weighted by Gasteiger charge is 2.51. The van der Waals surface area contributed by atoms with Crippen molar-refractivity contribution in [1.29, 1.82) is 0 Å². The normalized spacial score (nSPS) is 16.0. The number of alkyl halides is 6. The van der Waals surface area contributed by atoms with Gasteiger partial charge in [0, 0.05) is 28.9 Å². The van der Waals surface area contributed by atoms with Gasteiger partial charge in [-0.25, -0.2) is 4.79 Å². The van der Waals surface area contributed by atoms with E-state index in [4.69, 9.17) is 14.0 Å². The van der Waals surface area contributed by atoms with Crippen molar-refractivity contribution >= 4 is 46.2 Å². The van der Waals surface area contributed by atoms with Gasteiger partial charge < -0.3 is 14.0 Å². The molecule has 7 aromatic rings. The average molecular weight is 876 g/mol. The topological polar surface area (TPSA) is 73.8 Å². The second-order valence-electron chi connectivity index (χ2n) is 17.1. The number of hydrogen-bond donors (Lipinski definition) is 0. The molecule has 2 aliphatic heterocycles. The molecule has 0 spiro atoms. The molecule has 0 bridgehead atoms. The van der Waals surface area contributed by atoms with Gasteiger partial charge in [0.25, 0.3) is 0 Å². The minimum absolute atomic E-state index is 0.0494. The van der Waals surface area contributed by atoms with Gasteiger partial charge in [0.1, 0.15) is 6.61 Å². The number of aryl methyl sites for hydroxylation is 2. The number of carbonyl (C=O) groups is 1. The molecular formula is C50H44BF6N3O4. The predicted molar refractivity (Wildman–Crippen MR) is 237 cm³/mol. The lowest BCUT2D eigenvalue weighted by Gasteiger charge is -2.32. The number of cyclic esters (lactones) is 1. The number of halogens is 6. The molecule has 4 heterocycles. The van der Waals surface area contributed by atoms with E-state index in [-0.39, 0.29) is 17.1 Å². The summed E-state index contributed by atoms with van der Waals surface area (Å²) in [4.78, 5) is 21.7. The quantitative estimate of drug-likeness (QED) is 0.122. The summed E-state index contributed by atoms with van der Waals surface area (Å²) in [5.41, 5.74) is 5.81. The van der Waals surface area contributed by atoms with Gasteiger partial charge >= 0.3 is 25.6 Å². The molecule has 1 amide bonds. The minimum Gasteiger partial charge on any atom is -0.447 e. The molecule has 0 radical (unpaired) electrons. The Morgan fingerprint density at radius 2 is 1.12 bits per heavy atom. The van der Waals surface area contributed by atoms with Crippen LogP contribution in [0, 0.1) is 13.8 Å². The van der Waals surface area contributed by atoms with Crippen LogP contribution in [0.15, 0.2) is 122 Å². The summed E-state index contributed by atoms with van der Waals surface area (Å²) in [5, 5.41) is 0.942. The Balaban J connectivity index is 0.000000176. The fourth-order valence-electron chi connectivity index (χ4n) is 8.22. The van der Waals surface area contributed by atoms with Crippen LogP contribution in [0.1, 0.15) is 61.1 Å². The first-order chi connectivity index (χ1) is 30.2. The SMILES string of the molecule is Cc1cnc2c(C(F)(F)F)cccc2c1-c1cccc(B2OC(C)(C)C(C)(C)O2)c1.Cc1cnc2c(C(F)(F)F)cccc2c1-c1cccc(Cc2cccc(N3CCOC3=O)c2)c1. The number of rotatable bonds is 6. The van der Waals surface area contributed by atoms with Gasteiger partial charge in [-0.2, -0.15) is 26.3 Å². The second-order valence-corrected chi connectivity index (χ2v) is 17.1. The van der Waals surface area contributed by atoms with E-state index in [9.17, 15) is 31.1 Å². The second kappa shape index (κ2) is 16.7. The first-order valence-electron chi connectivity index (χ1n) is 20.7. The van der Waals surface area contributed by atoms with Crippen molar-refractivity contribution < 1.29 is 45.2 Å². The molecule has 5 aromatic carbocycles. The van der Waals surface area contributed by atoms with Gasteiger partial charge in [0.15, 0.2) is 0 Å². The Labute approximate surface area is 367 Å². The monoisotopic (exact) mass is 875 g/mol. The molecule has 9 rings (SSSR count). The first-order valence-corrected chi connectivity index (χ1v) is 20.7. The zero-order chi connectivity index (χ0) is 45.8. The summed E-state index contributed by atoms with van der Waals surface area (Å²) in [6, 6.07) is 31.4. The fraction of sp³-hybridized carbons (Fsp3) is 0.260. The van der Waals surface area contributed by atoms with E-state index in [1.165, 1.54) is 24.5 Å². The summed E-state index contributed by atoms with van der Waals surface area (Å²) >= 11 is 0. The maximum Gasteiger partial charge on any atom is 0.494 e. The maximum absolute atomic E-state index is 13.6. The molecule has 2 saturated heterocycles. The summed E-state index contributed by atoms with van der Waals surface area (Å²) in [7, 11) is -0.547. The Kier molecular flexibility index (Phi) is 11.6. The lowest BCUT2D eigenvalue weighted by atomic mass is 9.77. The number of anilines is 1. The fourth-order valence-corrected chi connectivity index (χ4v) is 8.22. The molecule has 2 fully saturated rings. The van der Waals surface area contributed by atoms with Crippen molar-refractivity contribution in [3.63, 3.8) is 0 Å². The molecule has 0 N–H and O–H groups in total. The summed E-state index contributed by atoms with van der Waals surface area (Å²) < 4.78 is 98.5. The molecule has 0 atom stereocenters. The van der Waals surface area contributed by atoms with Gasteiger partial charge in [0.05, 0.1) is 39.9 Å². The van der Waals surface area contributed by atoms with Crippen LogP contribution < -0.4 is 10.4 Å². The van der Waals surface area contributed by atoms with E-state index in [1.54, 1.807) is 17.0 Å². The zero-order valence-electron chi connectivity index (χ0n) is 36.0. The summed E-state index contributed by atoms with van der Waals surface area (Å²) in [5.74, 6) is 0. The third-order valence-electron chi connectivity index (χ3n) is 12.1. The van der Waals surface area contributed by atoms with Crippen LogP contribution in [-0.4, -0.2) is 47.5 Å². The highest BCUT2D eigenvalue weighted by atomic mass is 19.4. The molecule has 7 nitrogen and oxygen atoms in total. The standard InChI is InChI=1S/C27H21F3N2O2.C23H23BF3NO2/c1-17-16-31-25-22(9-4-10-23(25)27(28,29)30)24(17)20-7-2-5-18(14-20)13-19-6-3-8-21(15-19)32-11-12-34-26(32)33;1-14-13-28-20-17(10-7-11-18(20)23(25,26)27)19(14)15-8-6-9-16(12-15)24-29-21(2,3)22(4,5)30-24/h2-10,14-16H,11-13H2,1H3;6-13H,1-5H3. The number of fused-ring (bicyclic) bond motifs is 2. The van der Waals surface area contributed by atoms with E-state index in [2.05, 4.69) is 9.97 Å². The number of aromatic nitrogens is 2. The van der Waals surface area contributed by atoms with Gasteiger partial charge in [-0.15, -0.1) is 0 Å². The maximum atomic E-state index is 13.6. The van der Waals surface area contributed by atoms with Gasteiger partial charge in [0.2, 0.25) is 0 Å². The number of benzene rings is 5. The molecular weight excluding hydrogens is 831 g/mol. The number of amides is 1. The zero-order valence-corrected chi connectivity index (χ0v) is 36.0. The van der Waals surface area contributed by atoms with Crippen LogP contribution in [0.4, 0.5) is 36.8 Å². The van der Waals surface area contributed by atoms with Crippen molar-refractivity contribution in [1.82, 2.24) is 9.97 Å². The molecule has 0 aliphatic carbocycles. The lowest BCUT2D eigenvalue weighted by molar-refractivity contribution is -0.137. The molecule has 328 valence electrons. The molecule has 2 aliphatic rings. The number of ether oxygens (including phenoxy) is 1. The Bertz CT molecular complexity index is 2900. The van der Waals surface area contributed by atoms with Gasteiger partial charge in [-0.1, -0.05) is 84.9 Å². The molecule has 0 unspecified atom stereocenters. The smallest absolute Gasteiger partial charge is 0.447 e. The first kappa shape index (κ1) is 44.4. The highest BCUT2D eigenvalue weighted by Crippen LogP contribution is 2.41. The minimum atomic E-state index is -4.48. The molecule has 14 heteroatoms. The van der Waals surface area contributed by atoms with Crippen molar-refractivity contribution in [2.45, 2.75) is 71.5 Å². The Hall–Kier alpha value is -6.25. The van der Waals surface area contributed by atoms with E-state index >= 15 is 0 Å². The van der Waals surface area contributed by atoms with Crippen LogP contribution in [0.3, 0.4) is 0 Å². The number of hydrogen-bond acceptors (Lipinski definition) is 6. The van der Waals surface area contributed by atoms with E-state index in [1.807, 2.05) is 114 Å². The van der Waals surface area contributed by atoms with Crippen LogP contribution in [0.25, 0.3) is 44.1 Å². The molecule has 0 saturated carbocycles. The molecule has 2 aromatic heterocycles. The summed E-state index contributed by atoms with van der Waals surface area (Å²) in [6.45, 7) is 12.5. The highest BCUT2D eigenvalue weighted by molar-refractivity contribution is 6.62. The van der Waals surface area contributed by atoms with Crippen LogP contribution in [0.5, 0.6) is 0 Å². The number of carbonyl (C=O) groups excluding carboxylic acids is 1. The number of para-hydroxylation sites is 2. The lowest BCUT2D eigenvalue weighted by Crippen LogP contribution is -2.41. The van der Waals surface area contributed by atoms with E-state index in [0.717, 1.165) is 67.8 Å². The summed E-state index contributed by atoms with van der Waals surface area (Å²) in [6.07, 6.45) is -5.69. The third kappa shape index (κ3) is 8.68. The van der Waals surface area contributed by atoms with Crippen molar-refractivity contribution in [2.24, 2.45) is 0 Å². The van der Waals surface area contributed by atoms with E-state index < -0.39 is 41.8 Å². The van der Waals surface area contributed by atoms with Crippen molar-refractivity contribution in [3.8, 4) is 22.3 Å². The Morgan fingerprint density at radius 1 is 0.641 bits per heavy atom. The van der Waals surface area contributed by atoms with Crippen LogP contribution >= 0.6 is 0 Å². The average Bonchev–Trinajstić information content (AvgIpc) is 3.77. The van der Waals surface area contributed by atoms with Crippen molar-refractivity contribution in [3.05, 3.63) is 155 Å². The van der Waals surface area contributed by atoms with Gasteiger partial charge in [-0.05, 0) is 122 Å². The van der Waals surface area contributed by atoms with Crippen molar-refractivity contribution in [2.75, 3.05) is 18.1 Å². The van der Waals surface area contributed by atoms with Gasteiger partial charge in [-0.3, -0.25) is 14.9 Å². The number of pyridine rings is 2. The predicted octanol–water partition coefficient (Wildman–Crippen LogP) is 12.3. The van der Waals surface area contributed by atoms with E-state index in [0.29, 0.717) is 30.3 Å². The Morgan fingerprint density at radius 3 is 1.64 bits per heavy atom. The third-order valence-corrected chi connectivity index (χ3v) is 12.1. The number of nitrogens with zero attached hydrogens (tertiary/aromatic N) is 3.